The number of unbranched alkanes of at least 4 members (excludes halogenated alkanes) is 2. The Morgan fingerprint density at radius 3 is 2.46 bits per heavy atom. The molecule has 27 heteroatoms. The first-order valence-electron chi connectivity index (χ1n) is 29.7. The summed E-state index contributed by atoms with van der Waals surface area (Å²) in [6.45, 7) is 14.1. The number of pyridine rings is 1. The lowest BCUT2D eigenvalue weighted by molar-refractivity contribution is -0.158. The zero-order chi connectivity index (χ0) is 66.4. The first kappa shape index (κ1) is 71.4. The minimum absolute atomic E-state index is 0.0207. The number of aromatic nitrogens is 1. The fourth-order valence-corrected chi connectivity index (χ4v) is 11.3. The molecule has 0 saturated carbocycles. The van der Waals surface area contributed by atoms with Crippen LogP contribution >= 0.6 is 27.5 Å². The second-order valence-corrected chi connectivity index (χ2v) is 24.3. The van der Waals surface area contributed by atoms with Gasteiger partial charge in [-0.05, 0) is 107 Å². The molecule has 4 heterocycles. The van der Waals surface area contributed by atoms with E-state index in [0.29, 0.717) is 42.5 Å². The van der Waals surface area contributed by atoms with Crippen LogP contribution in [0.2, 0.25) is 5.02 Å². The van der Waals surface area contributed by atoms with Crippen LogP contribution in [0.4, 0.5) is 21.0 Å². The van der Waals surface area contributed by atoms with Crippen LogP contribution in [0.15, 0.2) is 78.5 Å². The predicted molar refractivity (Wildman–Crippen MR) is 339 cm³/mol. The molecule has 3 aliphatic rings. The third-order valence-corrected chi connectivity index (χ3v) is 17.4. The van der Waals surface area contributed by atoms with Crippen molar-refractivity contribution in [2.45, 2.75) is 153 Å². The fraction of sp³-hybridized carbons (Fsp3) is 0.524. The molecular formula is C63H83BrClN9O16. The van der Waals surface area contributed by atoms with E-state index in [0.717, 1.165) is 16.0 Å². The van der Waals surface area contributed by atoms with Crippen LogP contribution in [-0.4, -0.2) is 169 Å². The number of carbonyl (C=O) groups excluding carboxylic acids is 9. The van der Waals surface area contributed by atoms with Gasteiger partial charge in [-0.3, -0.25) is 34.3 Å². The number of esters is 2. The summed E-state index contributed by atoms with van der Waals surface area (Å²) in [6, 6.07) is 5.25. The highest BCUT2D eigenvalue weighted by Crippen LogP contribution is 2.49. The van der Waals surface area contributed by atoms with E-state index < -0.39 is 126 Å². The number of methoxy groups -OCH3 is 2. The summed E-state index contributed by atoms with van der Waals surface area (Å²) >= 11 is 10.0. The molecule has 6 rings (SSSR count). The SMILES string of the molecule is C=C(CBr)C(=O)OCCCCCC(=O)N[C@H](C(=O)N[C@@H](CCCNC(N)=O)C(=O)Nc1ccc(C(=O)N(C)[C@@H](C)C(=O)O[C@H]2CC(=O)N(C)c3cc(cc(OC)c3Cl)C/C(C)=C/C=C/[C@@H](OC)[C@@]3(O)C[C@H](OC(=O)N3)[C@@H](C)[C@@H]3O[C@@]23C)c2ncccc12)C(C)C. The molecule has 0 radical (unpaired) electrons. The highest BCUT2D eigenvalue weighted by Gasteiger charge is 2.64. The average molecular weight is 1340 g/mol. The van der Waals surface area contributed by atoms with Gasteiger partial charge in [0.2, 0.25) is 23.6 Å². The topological polar surface area (TPSA) is 338 Å². The third kappa shape index (κ3) is 18.1. The summed E-state index contributed by atoms with van der Waals surface area (Å²) in [4.78, 5) is 129. The number of amides is 8. The van der Waals surface area contributed by atoms with E-state index in [4.69, 9.17) is 45.8 Å². The van der Waals surface area contributed by atoms with Crippen molar-refractivity contribution in [1.29, 1.82) is 0 Å². The molecule has 2 fully saturated rings. The number of anilines is 2. The Morgan fingerprint density at radius 2 is 1.78 bits per heavy atom. The summed E-state index contributed by atoms with van der Waals surface area (Å²) in [5.74, 6) is -5.11. The van der Waals surface area contributed by atoms with Gasteiger partial charge < -0.3 is 70.3 Å². The number of nitrogens with one attached hydrogen (secondary N) is 5. The zero-order valence-corrected chi connectivity index (χ0v) is 54.7. The monoisotopic (exact) mass is 1340 g/mol. The van der Waals surface area contributed by atoms with E-state index in [2.05, 4.69) is 54.1 Å². The number of alkyl halides is 1. The standard InChI is InChI=1S/C63H83BrClN9O16/c1-34(2)52(71-49(75)22-13-12-14-27-87-58(80)36(4)33-64)56(78)70-43(20-17-26-68-60(66)82)55(77)69-42-24-23-41(53-40(42)19-16-25-67-53)57(79)73(8)38(6)59(81)89-48-31-50(76)74(9)44-29-39(30-45(85-10)51(44)65)28-35(3)18-15-21-47(86-11)63(84)32-46(88-61(83)72-63)37(5)54-62(48,7)90-54/h15-16,18-19,21,23-25,29-30,34,37-38,43,46-48,52,54,84H,4,12-14,17,20,22,26-28,31-33H2,1-3,5-11H3,(H,69,77)(H,70,78)(H,71,75)(H,72,83)(H3,66,68,82)/b21-15+,35-18+/t37-,38+,43+,46+,47-,48+,52+,54+,62+,63+/m1/s1. The molecule has 4 bridgehead atoms. The van der Waals surface area contributed by atoms with Gasteiger partial charge in [-0.2, -0.15) is 0 Å². The number of likely N-dealkylation sites (N-methyl/N-ethyl adjacent to an activating group) is 1. The zero-order valence-electron chi connectivity index (χ0n) is 52.4. The summed E-state index contributed by atoms with van der Waals surface area (Å²) < 4.78 is 34.9. The van der Waals surface area contributed by atoms with Crippen molar-refractivity contribution in [3.05, 3.63) is 94.7 Å². The molecule has 0 spiro atoms. The molecule has 90 heavy (non-hydrogen) atoms. The van der Waals surface area contributed by atoms with Crippen molar-refractivity contribution < 1.29 is 76.7 Å². The molecule has 8 amide bonds. The predicted octanol–water partition coefficient (Wildman–Crippen LogP) is 6.44. The fourth-order valence-electron chi connectivity index (χ4n) is 10.8. The Balaban J connectivity index is 1.21. The molecule has 3 aliphatic heterocycles. The molecule has 2 saturated heterocycles. The number of ether oxygens (including phenoxy) is 6. The maximum atomic E-state index is 14.7. The van der Waals surface area contributed by atoms with E-state index in [-0.39, 0.29) is 71.5 Å². The number of urea groups is 1. The number of halogens is 2. The lowest BCUT2D eigenvalue weighted by Crippen LogP contribution is -2.63. The van der Waals surface area contributed by atoms with E-state index >= 15 is 0 Å². The number of benzene rings is 2. The third-order valence-electron chi connectivity index (χ3n) is 16.3. The van der Waals surface area contributed by atoms with Crippen LogP contribution < -0.4 is 42.0 Å². The first-order chi connectivity index (χ1) is 42.6. The van der Waals surface area contributed by atoms with Crippen LogP contribution in [0.5, 0.6) is 5.75 Å². The molecule has 3 aromatic rings. The maximum Gasteiger partial charge on any atom is 0.409 e. The van der Waals surface area contributed by atoms with Crippen LogP contribution in [0.3, 0.4) is 0 Å². The Morgan fingerprint density at radius 1 is 1.04 bits per heavy atom. The molecule has 0 unspecified atom stereocenters. The van der Waals surface area contributed by atoms with Gasteiger partial charge in [-0.1, -0.05) is 78.7 Å². The van der Waals surface area contributed by atoms with E-state index in [1.807, 2.05) is 13.0 Å². The number of nitrogens with two attached hydrogens (primary N) is 1. The quantitative estimate of drug-likeness (QED) is 0.0127. The number of epoxide rings is 1. The number of alkyl carbamates (subject to hydrolysis) is 1. The molecule has 490 valence electrons. The second-order valence-electron chi connectivity index (χ2n) is 23.3. The summed E-state index contributed by atoms with van der Waals surface area (Å²) in [5, 5.41) is 26.1. The van der Waals surface area contributed by atoms with Gasteiger partial charge in [0.25, 0.3) is 5.91 Å². The average Bonchev–Trinajstić information content (AvgIpc) is 1.56. The molecule has 1 aromatic heterocycles. The minimum atomic E-state index is -1.93. The normalized spacial score (nSPS) is 23.6. The molecule has 8 N–H and O–H groups in total. The van der Waals surface area contributed by atoms with Gasteiger partial charge in [0, 0.05) is 69.0 Å². The molecule has 2 aromatic carbocycles. The number of nitrogens with zero attached hydrogens (tertiary/aromatic N) is 3. The van der Waals surface area contributed by atoms with Crippen LogP contribution in [0.25, 0.3) is 10.9 Å². The number of rotatable bonds is 24. The number of primary amides is 1. The lowest BCUT2D eigenvalue weighted by Gasteiger charge is -2.42. The van der Waals surface area contributed by atoms with Crippen molar-refractivity contribution in [2.24, 2.45) is 17.6 Å². The van der Waals surface area contributed by atoms with Crippen molar-refractivity contribution in [1.82, 2.24) is 31.2 Å². The molecular weight excluding hydrogens is 1250 g/mol. The van der Waals surface area contributed by atoms with Crippen LogP contribution in [0, 0.1) is 11.8 Å². The van der Waals surface area contributed by atoms with Gasteiger partial charge in [-0.15, -0.1) is 0 Å². The van der Waals surface area contributed by atoms with Crippen molar-refractivity contribution in [3.8, 4) is 5.75 Å². The van der Waals surface area contributed by atoms with Crippen molar-refractivity contribution in [2.75, 3.05) is 57.0 Å². The van der Waals surface area contributed by atoms with Gasteiger partial charge in [0.05, 0.1) is 48.7 Å². The lowest BCUT2D eigenvalue weighted by atomic mass is 9.83. The largest absolute Gasteiger partial charge is 0.495 e. The summed E-state index contributed by atoms with van der Waals surface area (Å²) in [7, 11) is 5.76. The number of allylic oxidation sites excluding steroid dienone is 3. The van der Waals surface area contributed by atoms with E-state index in [9.17, 15) is 48.3 Å². The number of fused-ring (bicyclic) bond motifs is 6. The maximum absolute atomic E-state index is 14.7. The van der Waals surface area contributed by atoms with E-state index in [1.54, 1.807) is 64.1 Å². The Labute approximate surface area is 537 Å². The number of hydrogen-bond donors (Lipinski definition) is 7. The highest BCUT2D eigenvalue weighted by molar-refractivity contribution is 9.09. The van der Waals surface area contributed by atoms with Gasteiger partial charge in [0.1, 0.15) is 52.8 Å². The van der Waals surface area contributed by atoms with Gasteiger partial charge >= 0.3 is 24.1 Å². The summed E-state index contributed by atoms with van der Waals surface area (Å²) in [6.07, 6.45) is 3.21. The minimum Gasteiger partial charge on any atom is -0.495 e. The number of carbonyl (C=O) groups is 9. The number of aliphatic hydroxyl groups is 1. The Kier molecular flexibility index (Phi) is 25.3. The molecule has 10 atom stereocenters. The molecule has 25 nitrogen and oxygen atoms in total. The smallest absolute Gasteiger partial charge is 0.409 e. The summed E-state index contributed by atoms with van der Waals surface area (Å²) in [5.41, 5.74) is 4.54. The highest BCUT2D eigenvalue weighted by atomic mass is 79.9. The van der Waals surface area contributed by atoms with Crippen molar-refractivity contribution in [3.63, 3.8) is 0 Å². The van der Waals surface area contributed by atoms with E-state index in [1.165, 1.54) is 58.5 Å². The van der Waals surface area contributed by atoms with Gasteiger partial charge in [0.15, 0.2) is 5.72 Å². The number of hydrogen-bond acceptors (Lipinski definition) is 17. The van der Waals surface area contributed by atoms with Crippen LogP contribution in [0.1, 0.15) is 109 Å². The second kappa shape index (κ2) is 31.9. The van der Waals surface area contributed by atoms with Gasteiger partial charge in [-0.25, -0.2) is 19.2 Å². The Hall–Kier alpha value is -7.65. The Bertz CT molecular complexity index is 3260. The van der Waals surface area contributed by atoms with Crippen LogP contribution in [-0.2, 0) is 58.9 Å². The first-order valence-corrected chi connectivity index (χ1v) is 31.2. The van der Waals surface area contributed by atoms with Crippen molar-refractivity contribution >= 4 is 103 Å². The molecule has 0 aliphatic carbocycles.